The lowest BCUT2D eigenvalue weighted by molar-refractivity contribution is 0.0648. The molecule has 1 aliphatic rings. The molecule has 1 atom stereocenters. The van der Waals surface area contributed by atoms with Gasteiger partial charge in [0.05, 0.1) is 30.2 Å². The zero-order valence-electron chi connectivity index (χ0n) is 12.7. The van der Waals surface area contributed by atoms with E-state index in [2.05, 4.69) is 0 Å². The number of hydrogen-bond donors (Lipinski definition) is 0. The van der Waals surface area contributed by atoms with Crippen LogP contribution in [-0.4, -0.2) is 41.2 Å². The predicted molar refractivity (Wildman–Crippen MR) is 89.9 cm³/mol. The van der Waals surface area contributed by atoms with Crippen molar-refractivity contribution in [2.75, 3.05) is 19.1 Å². The molecule has 0 aromatic heterocycles. The van der Waals surface area contributed by atoms with Gasteiger partial charge in [-0.3, -0.25) is 14.5 Å². The summed E-state index contributed by atoms with van der Waals surface area (Å²) in [6, 6.07) is 6.52. The van der Waals surface area contributed by atoms with E-state index >= 15 is 0 Å². The maximum absolute atomic E-state index is 12.6. The highest BCUT2D eigenvalue weighted by molar-refractivity contribution is 8.55. The molecule has 0 radical (unpaired) electrons. The van der Waals surface area contributed by atoms with Gasteiger partial charge in [0.1, 0.15) is 5.37 Å². The SMILES string of the molecule is CCOP(=O)(OCC)SC(CCl)N1C(=O)c2ccccc2C1=O. The first-order valence-corrected chi connectivity index (χ1v) is 10.6. The average molecular weight is 378 g/mol. The fourth-order valence-electron chi connectivity index (χ4n) is 2.18. The first kappa shape index (κ1) is 18.5. The zero-order chi connectivity index (χ0) is 17.0. The van der Waals surface area contributed by atoms with Gasteiger partial charge in [0.15, 0.2) is 0 Å². The van der Waals surface area contributed by atoms with Gasteiger partial charge in [0, 0.05) is 0 Å². The number of alkyl halides is 1. The summed E-state index contributed by atoms with van der Waals surface area (Å²) in [4.78, 5) is 26.0. The second-order valence-corrected chi connectivity index (χ2v) is 8.97. The first-order valence-electron chi connectivity index (χ1n) is 7.07. The van der Waals surface area contributed by atoms with E-state index < -0.39 is 24.0 Å². The molecule has 0 spiro atoms. The molecule has 126 valence electrons. The van der Waals surface area contributed by atoms with Crippen molar-refractivity contribution in [1.29, 1.82) is 0 Å². The van der Waals surface area contributed by atoms with Crippen LogP contribution in [0.25, 0.3) is 0 Å². The van der Waals surface area contributed by atoms with Crippen LogP contribution in [0.5, 0.6) is 0 Å². The predicted octanol–water partition coefficient (Wildman–Crippen LogP) is 3.76. The van der Waals surface area contributed by atoms with Crippen LogP contribution in [0.15, 0.2) is 24.3 Å². The Morgan fingerprint density at radius 3 is 2.00 bits per heavy atom. The molecular formula is C14H17ClNO5PS. The summed E-state index contributed by atoms with van der Waals surface area (Å²) in [5.74, 6) is -0.994. The molecule has 0 N–H and O–H groups in total. The van der Waals surface area contributed by atoms with Crippen molar-refractivity contribution in [3.8, 4) is 0 Å². The Morgan fingerprint density at radius 2 is 1.61 bits per heavy atom. The summed E-state index contributed by atoms with van der Waals surface area (Å²) in [5, 5.41) is -0.840. The van der Waals surface area contributed by atoms with E-state index in [1.165, 1.54) is 0 Å². The zero-order valence-corrected chi connectivity index (χ0v) is 15.2. The fourth-order valence-corrected chi connectivity index (χ4v) is 6.63. The molecule has 0 saturated heterocycles. The molecule has 1 aromatic rings. The van der Waals surface area contributed by atoms with Gasteiger partial charge in [0.2, 0.25) is 0 Å². The molecule has 9 heteroatoms. The molecular weight excluding hydrogens is 361 g/mol. The molecule has 6 nitrogen and oxygen atoms in total. The lowest BCUT2D eigenvalue weighted by atomic mass is 10.1. The smallest absolute Gasteiger partial charge is 0.301 e. The molecule has 1 heterocycles. The minimum atomic E-state index is -3.51. The highest BCUT2D eigenvalue weighted by Crippen LogP contribution is 2.63. The molecule has 2 rings (SSSR count). The molecule has 1 unspecified atom stereocenters. The highest BCUT2D eigenvalue weighted by Gasteiger charge is 2.43. The average Bonchev–Trinajstić information content (AvgIpc) is 2.78. The van der Waals surface area contributed by atoms with Crippen LogP contribution in [-0.2, 0) is 13.6 Å². The largest absolute Gasteiger partial charge is 0.391 e. The number of halogens is 1. The van der Waals surface area contributed by atoms with Gasteiger partial charge in [-0.2, -0.15) is 0 Å². The van der Waals surface area contributed by atoms with Crippen molar-refractivity contribution in [1.82, 2.24) is 4.90 Å². The van der Waals surface area contributed by atoms with Gasteiger partial charge in [-0.15, -0.1) is 11.6 Å². The Labute approximate surface area is 143 Å². The van der Waals surface area contributed by atoms with Crippen molar-refractivity contribution < 1.29 is 23.2 Å². The summed E-state index contributed by atoms with van der Waals surface area (Å²) in [5.41, 5.74) is 0.631. The quantitative estimate of drug-likeness (QED) is 0.390. The van der Waals surface area contributed by atoms with E-state index in [1.54, 1.807) is 38.1 Å². The van der Waals surface area contributed by atoms with Gasteiger partial charge in [-0.1, -0.05) is 12.1 Å². The molecule has 1 aromatic carbocycles. The summed E-state index contributed by atoms with van der Waals surface area (Å²) < 4.78 is 23.0. The second kappa shape index (κ2) is 7.81. The van der Waals surface area contributed by atoms with E-state index in [9.17, 15) is 14.2 Å². The maximum Gasteiger partial charge on any atom is 0.391 e. The molecule has 0 saturated carbocycles. The number of carbonyl (C=O) groups excluding carboxylic acids is 2. The van der Waals surface area contributed by atoms with Gasteiger partial charge >= 0.3 is 6.80 Å². The Balaban J connectivity index is 2.27. The number of hydrogen-bond acceptors (Lipinski definition) is 6. The van der Waals surface area contributed by atoms with Crippen LogP contribution in [0.1, 0.15) is 34.6 Å². The number of carbonyl (C=O) groups is 2. The van der Waals surface area contributed by atoms with Gasteiger partial charge < -0.3 is 9.05 Å². The first-order chi connectivity index (χ1) is 11.0. The normalized spacial score (nSPS) is 15.9. The minimum absolute atomic E-state index is 0.0831. The van der Waals surface area contributed by atoms with E-state index in [0.29, 0.717) is 11.1 Å². The van der Waals surface area contributed by atoms with E-state index in [4.69, 9.17) is 20.6 Å². The summed E-state index contributed by atoms with van der Waals surface area (Å²) >= 11 is 6.71. The number of rotatable bonds is 8. The summed E-state index contributed by atoms with van der Waals surface area (Å²) in [6.07, 6.45) is 0. The van der Waals surface area contributed by atoms with E-state index in [1.807, 2.05) is 0 Å². The third kappa shape index (κ3) is 3.80. The Bertz CT molecular complexity index is 611. The molecule has 1 aliphatic heterocycles. The number of nitrogens with zero attached hydrogens (tertiary/aromatic N) is 1. The summed E-state index contributed by atoms with van der Waals surface area (Å²) in [7, 11) is 0. The minimum Gasteiger partial charge on any atom is -0.301 e. The Morgan fingerprint density at radius 1 is 1.13 bits per heavy atom. The Kier molecular flexibility index (Phi) is 6.28. The van der Waals surface area contributed by atoms with Crippen LogP contribution in [0.4, 0.5) is 0 Å². The molecule has 0 aliphatic carbocycles. The second-order valence-electron chi connectivity index (χ2n) is 4.52. The van der Waals surface area contributed by atoms with E-state index in [-0.39, 0.29) is 19.1 Å². The van der Waals surface area contributed by atoms with Gasteiger partial charge in [0.25, 0.3) is 11.8 Å². The number of amides is 2. The molecule has 23 heavy (non-hydrogen) atoms. The standard InChI is InChI=1S/C14H17ClNO5PS/c1-3-20-22(19,21-4-2)23-12(9-15)16-13(17)10-7-5-6-8-11(10)14(16)18/h5-8,12H,3-4,9H2,1-2H3. The van der Waals surface area contributed by atoms with Crippen LogP contribution >= 0.6 is 29.8 Å². The fraction of sp³-hybridized carbons (Fsp3) is 0.429. The van der Waals surface area contributed by atoms with Gasteiger partial charge in [-0.05, 0) is 37.4 Å². The van der Waals surface area contributed by atoms with Crippen molar-refractivity contribution in [3.05, 3.63) is 35.4 Å². The van der Waals surface area contributed by atoms with Crippen molar-refractivity contribution in [2.45, 2.75) is 19.2 Å². The number of benzene rings is 1. The van der Waals surface area contributed by atoms with Crippen molar-refractivity contribution in [3.63, 3.8) is 0 Å². The van der Waals surface area contributed by atoms with Crippen LogP contribution in [0, 0.1) is 0 Å². The number of imide groups is 1. The van der Waals surface area contributed by atoms with Crippen LogP contribution in [0.2, 0.25) is 0 Å². The van der Waals surface area contributed by atoms with Gasteiger partial charge in [-0.25, -0.2) is 4.57 Å². The maximum atomic E-state index is 12.6. The topological polar surface area (TPSA) is 72.9 Å². The van der Waals surface area contributed by atoms with Crippen LogP contribution < -0.4 is 0 Å². The lowest BCUT2D eigenvalue weighted by Crippen LogP contribution is -2.39. The third-order valence-electron chi connectivity index (χ3n) is 3.07. The summed E-state index contributed by atoms with van der Waals surface area (Å²) in [6.45, 7) is 0.226. The highest BCUT2D eigenvalue weighted by atomic mass is 35.5. The Hall–Kier alpha value is -0.850. The van der Waals surface area contributed by atoms with E-state index in [0.717, 1.165) is 16.3 Å². The molecule has 0 fully saturated rings. The number of fused-ring (bicyclic) bond motifs is 1. The monoisotopic (exact) mass is 377 g/mol. The van der Waals surface area contributed by atoms with Crippen LogP contribution in [0.3, 0.4) is 0 Å². The van der Waals surface area contributed by atoms with Crippen molar-refractivity contribution >= 4 is 41.6 Å². The molecule has 2 amide bonds. The molecule has 0 bridgehead atoms. The lowest BCUT2D eigenvalue weighted by Gasteiger charge is -2.26. The van der Waals surface area contributed by atoms with Crippen molar-refractivity contribution in [2.24, 2.45) is 0 Å². The third-order valence-corrected chi connectivity index (χ3v) is 7.71.